The van der Waals surface area contributed by atoms with Gasteiger partial charge < -0.3 is 5.32 Å². The van der Waals surface area contributed by atoms with Crippen LogP contribution in [0.25, 0.3) is 6.08 Å². The van der Waals surface area contributed by atoms with Gasteiger partial charge in [-0.3, -0.25) is 25.0 Å². The van der Waals surface area contributed by atoms with Crippen LogP contribution in [0.15, 0.2) is 48.5 Å². The van der Waals surface area contributed by atoms with Crippen molar-refractivity contribution in [3.63, 3.8) is 0 Å². The highest BCUT2D eigenvalue weighted by molar-refractivity contribution is 6.04. The number of hydrogen-bond donors (Lipinski definition) is 1. The predicted octanol–water partition coefficient (Wildman–Crippen LogP) is 4.17. The van der Waals surface area contributed by atoms with Gasteiger partial charge in [0.15, 0.2) is 5.69 Å². The van der Waals surface area contributed by atoms with Gasteiger partial charge in [-0.25, -0.2) is 0 Å². The average Bonchev–Trinajstić information content (AvgIpc) is 2.59. The summed E-state index contributed by atoms with van der Waals surface area (Å²) >= 11 is 0. The molecule has 2 aromatic rings. The maximum Gasteiger partial charge on any atom is 0.416 e. The Kier molecular flexibility index (Phi) is 5.54. The summed E-state index contributed by atoms with van der Waals surface area (Å²) in [6.07, 6.45) is -2.76. The van der Waals surface area contributed by atoms with Crippen LogP contribution in [0, 0.1) is 20.2 Å². The van der Waals surface area contributed by atoms with Gasteiger partial charge in [-0.05, 0) is 11.6 Å². The summed E-state index contributed by atoms with van der Waals surface area (Å²) in [5.74, 6) is -0.982. The molecular formula is C16H10F3N3O5. The number of nitro groups is 2. The monoisotopic (exact) mass is 381 g/mol. The van der Waals surface area contributed by atoms with Crippen LogP contribution >= 0.6 is 0 Å². The summed E-state index contributed by atoms with van der Waals surface area (Å²) in [6, 6.07) is 8.64. The van der Waals surface area contributed by atoms with E-state index in [1.54, 1.807) is 30.3 Å². The molecule has 0 heterocycles. The first-order valence-corrected chi connectivity index (χ1v) is 7.17. The van der Waals surface area contributed by atoms with Crippen molar-refractivity contribution >= 4 is 29.0 Å². The van der Waals surface area contributed by atoms with Crippen LogP contribution in [0.3, 0.4) is 0 Å². The zero-order chi connectivity index (χ0) is 20.2. The van der Waals surface area contributed by atoms with Crippen LogP contribution in [0.2, 0.25) is 0 Å². The van der Waals surface area contributed by atoms with E-state index in [-0.39, 0.29) is 12.1 Å². The third-order valence-corrected chi connectivity index (χ3v) is 3.29. The highest BCUT2D eigenvalue weighted by Gasteiger charge is 2.38. The highest BCUT2D eigenvalue weighted by Crippen LogP contribution is 2.41. The molecule has 0 aliphatic carbocycles. The number of nitrogens with one attached hydrogen (secondary N) is 1. The molecule has 8 nitrogen and oxygen atoms in total. The van der Waals surface area contributed by atoms with E-state index in [0.29, 0.717) is 5.56 Å². The number of rotatable bonds is 5. The molecule has 0 atom stereocenters. The van der Waals surface area contributed by atoms with Gasteiger partial charge in [-0.15, -0.1) is 0 Å². The summed E-state index contributed by atoms with van der Waals surface area (Å²) in [4.78, 5) is 31.6. The van der Waals surface area contributed by atoms with Gasteiger partial charge in [-0.1, -0.05) is 30.3 Å². The normalized spacial score (nSPS) is 11.4. The Balaban J connectivity index is 2.45. The first-order chi connectivity index (χ1) is 12.6. The van der Waals surface area contributed by atoms with Crippen molar-refractivity contribution in [2.24, 2.45) is 0 Å². The van der Waals surface area contributed by atoms with Gasteiger partial charge in [0.1, 0.15) is 0 Å². The first kappa shape index (κ1) is 19.6. The van der Waals surface area contributed by atoms with Crippen molar-refractivity contribution in [2.75, 3.05) is 5.32 Å². The molecule has 2 rings (SSSR count). The molecule has 140 valence electrons. The van der Waals surface area contributed by atoms with E-state index in [1.165, 1.54) is 6.08 Å². The second-order valence-corrected chi connectivity index (χ2v) is 5.13. The fourth-order valence-electron chi connectivity index (χ4n) is 2.09. The van der Waals surface area contributed by atoms with Crippen molar-refractivity contribution in [2.45, 2.75) is 6.18 Å². The molecule has 0 aliphatic heterocycles. The molecule has 0 saturated heterocycles. The highest BCUT2D eigenvalue weighted by atomic mass is 19.4. The Morgan fingerprint density at radius 2 is 1.52 bits per heavy atom. The van der Waals surface area contributed by atoms with Crippen molar-refractivity contribution < 1.29 is 27.8 Å². The number of carbonyl (C=O) groups is 1. The minimum atomic E-state index is -5.04. The molecule has 1 N–H and O–H groups in total. The van der Waals surface area contributed by atoms with E-state index in [0.717, 1.165) is 6.08 Å². The fraction of sp³-hybridized carbons (Fsp3) is 0.0625. The van der Waals surface area contributed by atoms with Crippen molar-refractivity contribution in [1.82, 2.24) is 0 Å². The Bertz CT molecular complexity index is 892. The van der Waals surface area contributed by atoms with Crippen molar-refractivity contribution in [3.05, 3.63) is 79.9 Å². The van der Waals surface area contributed by atoms with Gasteiger partial charge in [0.05, 0.1) is 15.4 Å². The summed E-state index contributed by atoms with van der Waals surface area (Å²) in [7, 11) is 0. The van der Waals surface area contributed by atoms with E-state index >= 15 is 0 Å². The number of carbonyl (C=O) groups excluding carboxylic acids is 1. The zero-order valence-corrected chi connectivity index (χ0v) is 13.3. The molecule has 0 radical (unpaired) electrons. The number of amides is 1. The third-order valence-electron chi connectivity index (χ3n) is 3.29. The van der Waals surface area contributed by atoms with Gasteiger partial charge in [0.25, 0.3) is 0 Å². The minimum Gasteiger partial charge on any atom is -0.311 e. The summed E-state index contributed by atoms with van der Waals surface area (Å²) in [5, 5.41) is 24.1. The summed E-state index contributed by atoms with van der Waals surface area (Å²) < 4.78 is 38.5. The third kappa shape index (κ3) is 4.87. The molecule has 1 amide bonds. The first-order valence-electron chi connectivity index (χ1n) is 7.17. The molecular weight excluding hydrogens is 371 g/mol. The predicted molar refractivity (Wildman–Crippen MR) is 88.9 cm³/mol. The molecule has 0 aromatic heterocycles. The number of anilines is 1. The largest absolute Gasteiger partial charge is 0.416 e. The maximum absolute atomic E-state index is 12.8. The number of nitro benzene ring substituents is 2. The molecule has 0 bridgehead atoms. The molecule has 0 unspecified atom stereocenters. The van der Waals surface area contributed by atoms with Crippen LogP contribution in [0.5, 0.6) is 0 Å². The lowest BCUT2D eigenvalue weighted by atomic mass is 10.1. The van der Waals surface area contributed by atoms with Gasteiger partial charge >= 0.3 is 17.6 Å². The molecule has 0 aliphatic rings. The lowest BCUT2D eigenvalue weighted by molar-refractivity contribution is -0.392. The van der Waals surface area contributed by atoms with Crippen LogP contribution in [-0.4, -0.2) is 15.8 Å². The Labute approximate surface area is 149 Å². The fourth-order valence-corrected chi connectivity index (χ4v) is 2.09. The standard InChI is InChI=1S/C16H10F3N3O5/c17-16(18,19)11-8-12(21(24)25)15(13(9-11)22(26)27)20-14(23)7-6-10-4-2-1-3-5-10/h1-9H,(H,20,23)/b7-6+. The van der Waals surface area contributed by atoms with Crippen LogP contribution in [0.4, 0.5) is 30.2 Å². The molecule has 27 heavy (non-hydrogen) atoms. The van der Waals surface area contributed by atoms with Gasteiger partial charge in [0, 0.05) is 18.2 Å². The lowest BCUT2D eigenvalue weighted by Gasteiger charge is -2.10. The number of nitrogens with zero attached hydrogens (tertiary/aromatic N) is 2. The van der Waals surface area contributed by atoms with Crippen molar-refractivity contribution in [3.8, 4) is 0 Å². The summed E-state index contributed by atoms with van der Waals surface area (Å²) in [5.41, 5.74) is -4.38. The molecule has 0 spiro atoms. The number of hydrogen-bond acceptors (Lipinski definition) is 5. The quantitative estimate of drug-likeness (QED) is 0.474. The molecule has 11 heteroatoms. The molecule has 0 saturated carbocycles. The Hall–Kier alpha value is -3.76. The SMILES string of the molecule is O=C(/C=C/c1ccccc1)Nc1c([N+](=O)[O-])cc(C(F)(F)F)cc1[N+](=O)[O-]. The van der Waals surface area contributed by atoms with E-state index < -0.39 is 44.6 Å². The maximum atomic E-state index is 12.8. The smallest absolute Gasteiger partial charge is 0.311 e. The van der Waals surface area contributed by atoms with E-state index in [2.05, 4.69) is 0 Å². The van der Waals surface area contributed by atoms with Crippen molar-refractivity contribution in [1.29, 1.82) is 0 Å². The van der Waals surface area contributed by atoms with Gasteiger partial charge in [-0.2, -0.15) is 13.2 Å². The minimum absolute atomic E-state index is 0.128. The summed E-state index contributed by atoms with van der Waals surface area (Å²) in [6.45, 7) is 0. The number of benzene rings is 2. The van der Waals surface area contributed by atoms with E-state index in [4.69, 9.17) is 0 Å². The lowest BCUT2D eigenvalue weighted by Crippen LogP contribution is -2.14. The molecule has 2 aromatic carbocycles. The number of halogens is 3. The van der Waals surface area contributed by atoms with E-state index in [1.807, 2.05) is 5.32 Å². The topological polar surface area (TPSA) is 115 Å². The van der Waals surface area contributed by atoms with Crippen LogP contribution in [-0.2, 0) is 11.0 Å². The van der Waals surface area contributed by atoms with E-state index in [9.17, 15) is 38.2 Å². The van der Waals surface area contributed by atoms with Gasteiger partial charge in [0.2, 0.25) is 5.91 Å². The average molecular weight is 381 g/mol. The number of alkyl halides is 3. The second kappa shape index (κ2) is 7.64. The molecule has 0 fully saturated rings. The Morgan fingerprint density at radius 3 is 1.96 bits per heavy atom. The Morgan fingerprint density at radius 1 is 1.00 bits per heavy atom. The van der Waals surface area contributed by atoms with Crippen LogP contribution < -0.4 is 5.32 Å². The zero-order valence-electron chi connectivity index (χ0n) is 13.3. The second-order valence-electron chi connectivity index (χ2n) is 5.13. The van der Waals surface area contributed by atoms with Crippen LogP contribution in [0.1, 0.15) is 11.1 Å².